The van der Waals surface area contributed by atoms with Crippen LogP contribution in [0.25, 0.3) is 0 Å². The van der Waals surface area contributed by atoms with Crippen LogP contribution in [0.4, 0.5) is 0 Å². The molecule has 0 aliphatic carbocycles. The van der Waals surface area contributed by atoms with E-state index in [1.807, 2.05) is 21.1 Å². The van der Waals surface area contributed by atoms with E-state index in [1.54, 1.807) is 0 Å². The van der Waals surface area contributed by atoms with Gasteiger partial charge in [-0.05, 0) is 38.5 Å². The fraction of sp³-hybridized carbons (Fsp3) is 0.919. The van der Waals surface area contributed by atoms with Crippen LogP contribution in [-0.4, -0.2) is 75.6 Å². The summed E-state index contributed by atoms with van der Waals surface area (Å²) in [5.74, 6) is -0.331. The smallest absolute Gasteiger partial charge is 0.457 e. The number of likely N-dealkylation sites (N-methyl/N-ethyl adjacent to an activating group) is 1. The highest BCUT2D eigenvalue weighted by Crippen LogP contribution is 2.43. The minimum atomic E-state index is -4.25. The van der Waals surface area contributed by atoms with Gasteiger partial charge in [0.2, 0.25) is 0 Å². The number of ether oxygens (including phenoxy) is 2. The largest absolute Gasteiger partial charge is 0.472 e. The highest BCUT2D eigenvalue weighted by Gasteiger charge is 2.26. The van der Waals surface area contributed by atoms with Crippen LogP contribution >= 0.6 is 7.82 Å². The number of allylic oxidation sites excluding steroid dienone is 2. The van der Waals surface area contributed by atoms with Crippen molar-refractivity contribution in [1.29, 1.82) is 0 Å². The van der Waals surface area contributed by atoms with Crippen molar-refractivity contribution in [3.8, 4) is 0 Å². The van der Waals surface area contributed by atoms with Gasteiger partial charge in [-0.25, -0.2) is 4.57 Å². The van der Waals surface area contributed by atoms with Gasteiger partial charge in [0.15, 0.2) is 0 Å². The molecule has 2 unspecified atom stereocenters. The Morgan fingerprint density at radius 3 is 1.65 bits per heavy atom. The van der Waals surface area contributed by atoms with E-state index in [-0.39, 0.29) is 25.8 Å². The fourth-order valence-corrected chi connectivity index (χ4v) is 5.82. The summed E-state index contributed by atoms with van der Waals surface area (Å²) >= 11 is 0. The van der Waals surface area contributed by atoms with Crippen molar-refractivity contribution in [1.82, 2.24) is 0 Å². The van der Waals surface area contributed by atoms with E-state index in [4.69, 9.17) is 18.5 Å². The number of phosphoric acid groups is 1. The molecule has 0 bridgehead atoms. The molecule has 0 spiro atoms. The molecule has 0 saturated carbocycles. The highest BCUT2D eigenvalue weighted by atomic mass is 31.2. The summed E-state index contributed by atoms with van der Waals surface area (Å²) < 4.78 is 34.5. The molecule has 8 nitrogen and oxygen atoms in total. The van der Waals surface area contributed by atoms with Crippen LogP contribution in [0.5, 0.6) is 0 Å². The molecule has 1 N–H and O–H groups in total. The van der Waals surface area contributed by atoms with Crippen LogP contribution < -0.4 is 0 Å². The van der Waals surface area contributed by atoms with Gasteiger partial charge in [-0.2, -0.15) is 0 Å². The minimum absolute atomic E-state index is 0.0902. The fourth-order valence-electron chi connectivity index (χ4n) is 5.08. The number of nitrogens with zero attached hydrogens (tertiary/aromatic N) is 1. The summed E-state index contributed by atoms with van der Waals surface area (Å²) in [5, 5.41) is 0. The Morgan fingerprint density at radius 2 is 1.13 bits per heavy atom. The first kappa shape index (κ1) is 45.2. The first-order valence-corrected chi connectivity index (χ1v) is 20.4. The van der Waals surface area contributed by atoms with Gasteiger partial charge in [0.05, 0.1) is 34.4 Å². The van der Waals surface area contributed by atoms with E-state index in [1.165, 1.54) is 103 Å². The van der Waals surface area contributed by atoms with Gasteiger partial charge >= 0.3 is 13.8 Å². The third-order valence-electron chi connectivity index (χ3n) is 8.08. The summed E-state index contributed by atoms with van der Waals surface area (Å²) in [6.07, 6.45) is 31.5. The Kier molecular flexibility index (Phi) is 31.0. The number of carbonyl (C=O) groups is 1. The first-order chi connectivity index (χ1) is 22.1. The number of quaternary nitrogens is 1. The molecule has 0 fully saturated rings. The van der Waals surface area contributed by atoms with E-state index in [0.717, 1.165) is 38.5 Å². The Hall–Kier alpha value is -0.760. The number of esters is 1. The van der Waals surface area contributed by atoms with Crippen LogP contribution in [0.3, 0.4) is 0 Å². The van der Waals surface area contributed by atoms with Crippen LogP contribution in [0.15, 0.2) is 12.2 Å². The third kappa shape index (κ3) is 34.6. The van der Waals surface area contributed by atoms with Crippen LogP contribution in [0.2, 0.25) is 0 Å². The molecule has 0 aromatic rings. The average Bonchev–Trinajstić information content (AvgIpc) is 2.99. The number of unbranched alkanes of at least 4 members (excludes halogenated alkanes) is 19. The van der Waals surface area contributed by atoms with E-state index < -0.39 is 13.9 Å². The molecular weight excluding hydrogens is 601 g/mol. The molecule has 0 aliphatic rings. The number of hydrogen-bond acceptors (Lipinski definition) is 6. The quantitative estimate of drug-likeness (QED) is 0.0235. The van der Waals surface area contributed by atoms with Crippen LogP contribution in [0, 0.1) is 0 Å². The van der Waals surface area contributed by atoms with E-state index >= 15 is 0 Å². The first-order valence-electron chi connectivity index (χ1n) is 18.9. The minimum Gasteiger partial charge on any atom is -0.457 e. The lowest BCUT2D eigenvalue weighted by molar-refractivity contribution is -0.870. The van der Waals surface area contributed by atoms with Gasteiger partial charge in [-0.3, -0.25) is 13.8 Å². The van der Waals surface area contributed by atoms with Crippen LogP contribution in [-0.2, 0) is 27.9 Å². The maximum Gasteiger partial charge on any atom is 0.472 e. The molecule has 0 aromatic carbocycles. The van der Waals surface area contributed by atoms with Gasteiger partial charge in [0.1, 0.15) is 19.3 Å². The second-order valence-electron chi connectivity index (χ2n) is 14.0. The van der Waals surface area contributed by atoms with Crippen molar-refractivity contribution in [2.45, 2.75) is 168 Å². The molecule has 0 amide bonds. The number of rotatable bonds is 35. The molecule has 0 heterocycles. The maximum atomic E-state index is 12.3. The summed E-state index contributed by atoms with van der Waals surface area (Å²) in [5.41, 5.74) is 0. The Bertz CT molecular complexity index is 756. The van der Waals surface area contributed by atoms with Crippen molar-refractivity contribution < 1.29 is 37.3 Å². The third-order valence-corrected chi connectivity index (χ3v) is 9.06. The number of carbonyl (C=O) groups excluding carboxylic acids is 1. The second kappa shape index (κ2) is 31.5. The zero-order chi connectivity index (χ0) is 34.2. The molecule has 274 valence electrons. The summed E-state index contributed by atoms with van der Waals surface area (Å²) in [6.45, 7) is 5.50. The van der Waals surface area contributed by atoms with Crippen molar-refractivity contribution in [3.05, 3.63) is 12.2 Å². The van der Waals surface area contributed by atoms with E-state index in [9.17, 15) is 14.3 Å². The van der Waals surface area contributed by atoms with Gasteiger partial charge in [0.25, 0.3) is 0 Å². The van der Waals surface area contributed by atoms with Gasteiger partial charge < -0.3 is 18.9 Å². The molecular formula is C37H75NO7P+. The Morgan fingerprint density at radius 1 is 0.652 bits per heavy atom. The van der Waals surface area contributed by atoms with E-state index in [2.05, 4.69) is 26.0 Å². The lowest BCUT2D eigenvalue weighted by atomic mass is 10.1. The predicted octanol–water partition coefficient (Wildman–Crippen LogP) is 10.3. The second-order valence-corrected chi connectivity index (χ2v) is 15.4. The predicted molar refractivity (Wildman–Crippen MR) is 192 cm³/mol. The molecule has 0 radical (unpaired) electrons. The molecule has 9 heteroatoms. The highest BCUT2D eigenvalue weighted by molar-refractivity contribution is 7.47. The summed E-state index contributed by atoms with van der Waals surface area (Å²) in [6, 6.07) is 0. The lowest BCUT2D eigenvalue weighted by Gasteiger charge is -2.24. The molecule has 0 aromatic heterocycles. The normalized spacial score (nSPS) is 14.1. The van der Waals surface area contributed by atoms with Crippen molar-refractivity contribution >= 4 is 13.8 Å². The SMILES string of the molecule is CCCCCCCC/C=C\CCCCCCCCCCCCOCC(COP(=O)(O)OCC[N+](C)(C)C)OC(=O)CCCCCC. The number of hydrogen-bond donors (Lipinski definition) is 1. The lowest BCUT2D eigenvalue weighted by Crippen LogP contribution is -2.37. The van der Waals surface area contributed by atoms with Crippen molar-refractivity contribution in [2.75, 3.05) is 54.1 Å². The standard InChI is InChI=1S/C37H74NO7P/c1-6-8-10-12-13-14-15-16-17-18-19-20-21-22-23-24-25-26-27-29-32-42-34-36(45-37(39)30-28-11-9-7-2)35-44-46(40,41)43-33-31-38(3,4)5/h16-17,36H,6-15,18-35H2,1-5H3/p+1/b17-16-. The Balaban J connectivity index is 3.97. The van der Waals surface area contributed by atoms with Crippen LogP contribution in [0.1, 0.15) is 162 Å². The zero-order valence-corrected chi connectivity index (χ0v) is 31.7. The molecule has 2 atom stereocenters. The van der Waals surface area contributed by atoms with Crippen molar-refractivity contribution in [3.63, 3.8) is 0 Å². The monoisotopic (exact) mass is 677 g/mol. The summed E-state index contributed by atoms with van der Waals surface area (Å²) in [4.78, 5) is 22.4. The molecule has 0 aliphatic heterocycles. The van der Waals surface area contributed by atoms with Gasteiger partial charge in [-0.1, -0.05) is 129 Å². The molecule has 0 saturated heterocycles. The van der Waals surface area contributed by atoms with Crippen molar-refractivity contribution in [2.24, 2.45) is 0 Å². The summed E-state index contributed by atoms with van der Waals surface area (Å²) in [7, 11) is 1.67. The maximum absolute atomic E-state index is 12.3. The topological polar surface area (TPSA) is 91.3 Å². The van der Waals surface area contributed by atoms with E-state index in [0.29, 0.717) is 24.1 Å². The average molecular weight is 677 g/mol. The Labute approximate surface area is 284 Å². The zero-order valence-electron chi connectivity index (χ0n) is 30.8. The van der Waals surface area contributed by atoms with Gasteiger partial charge in [-0.15, -0.1) is 0 Å². The van der Waals surface area contributed by atoms with Gasteiger partial charge in [0, 0.05) is 13.0 Å². The molecule has 0 rings (SSSR count). The molecule has 46 heavy (non-hydrogen) atoms. The number of phosphoric ester groups is 1.